The Morgan fingerprint density at radius 3 is 2.53 bits per heavy atom. The molecule has 0 bridgehead atoms. The number of nitrogens with one attached hydrogen (secondary N) is 1. The molecule has 112 valence electrons. The van der Waals surface area contributed by atoms with Gasteiger partial charge in [0.2, 0.25) is 0 Å². The largest absolute Gasteiger partial charge is 0.313 e. The van der Waals surface area contributed by atoms with E-state index in [-0.39, 0.29) is 0 Å². The predicted octanol–water partition coefficient (Wildman–Crippen LogP) is 0.696. The highest BCUT2D eigenvalue weighted by Crippen LogP contribution is 2.09. The van der Waals surface area contributed by atoms with E-state index < -0.39 is 0 Å². The van der Waals surface area contributed by atoms with E-state index in [4.69, 9.17) is 0 Å². The average Bonchev–Trinajstić information content (AvgIpc) is 2.89. The van der Waals surface area contributed by atoms with Gasteiger partial charge in [-0.3, -0.25) is 9.80 Å². The van der Waals surface area contributed by atoms with E-state index in [0.717, 1.165) is 6.04 Å². The molecule has 1 atom stereocenters. The van der Waals surface area contributed by atoms with Crippen LogP contribution in [0.2, 0.25) is 0 Å². The second kappa shape index (κ2) is 7.58. The van der Waals surface area contributed by atoms with Gasteiger partial charge in [0, 0.05) is 57.9 Å². The monoisotopic (exact) mass is 268 g/mol. The van der Waals surface area contributed by atoms with Crippen LogP contribution in [0, 0.1) is 0 Å². The van der Waals surface area contributed by atoms with Gasteiger partial charge in [0.25, 0.3) is 0 Å². The minimum Gasteiger partial charge on any atom is -0.313 e. The van der Waals surface area contributed by atoms with Gasteiger partial charge in [-0.15, -0.1) is 0 Å². The molecule has 0 aliphatic carbocycles. The molecule has 2 aliphatic heterocycles. The van der Waals surface area contributed by atoms with Gasteiger partial charge in [0.15, 0.2) is 0 Å². The van der Waals surface area contributed by atoms with Gasteiger partial charge in [0.05, 0.1) is 0 Å². The molecular weight excluding hydrogens is 236 g/mol. The third-order valence-electron chi connectivity index (χ3n) is 4.65. The normalized spacial score (nSPS) is 26.7. The zero-order valence-electron chi connectivity index (χ0n) is 13.1. The summed E-state index contributed by atoms with van der Waals surface area (Å²) in [6.07, 6.45) is 2.72. The Bertz CT molecular complexity index is 243. The molecule has 0 amide bonds. The van der Waals surface area contributed by atoms with E-state index in [9.17, 15) is 0 Å². The number of likely N-dealkylation sites (N-methyl/N-ethyl adjacent to an activating group) is 1. The highest BCUT2D eigenvalue weighted by molar-refractivity contribution is 4.80. The first-order valence-electron chi connectivity index (χ1n) is 8.03. The molecule has 19 heavy (non-hydrogen) atoms. The minimum absolute atomic E-state index is 0.662. The highest BCUT2D eigenvalue weighted by Gasteiger charge is 2.21. The molecule has 2 saturated heterocycles. The summed E-state index contributed by atoms with van der Waals surface area (Å²) in [5.74, 6) is 0. The smallest absolute Gasteiger partial charge is 0.0195 e. The minimum atomic E-state index is 0.662. The lowest BCUT2D eigenvalue weighted by molar-refractivity contribution is 0.121. The van der Waals surface area contributed by atoms with Crippen molar-refractivity contribution in [2.75, 3.05) is 59.4 Å². The Morgan fingerprint density at radius 2 is 1.95 bits per heavy atom. The molecule has 4 nitrogen and oxygen atoms in total. The van der Waals surface area contributed by atoms with Gasteiger partial charge >= 0.3 is 0 Å². The number of rotatable bonds is 6. The molecule has 0 radical (unpaired) electrons. The van der Waals surface area contributed by atoms with Gasteiger partial charge in [-0.05, 0) is 40.3 Å². The maximum atomic E-state index is 3.62. The second-order valence-corrected chi connectivity index (χ2v) is 6.53. The van der Waals surface area contributed by atoms with Crippen molar-refractivity contribution >= 4 is 0 Å². The third kappa shape index (κ3) is 5.03. The molecule has 0 spiro atoms. The molecule has 2 heterocycles. The van der Waals surface area contributed by atoms with Gasteiger partial charge in [0.1, 0.15) is 0 Å². The summed E-state index contributed by atoms with van der Waals surface area (Å²) < 4.78 is 0. The Balaban J connectivity index is 1.70. The first kappa shape index (κ1) is 15.2. The summed E-state index contributed by atoms with van der Waals surface area (Å²) in [4.78, 5) is 7.71. The van der Waals surface area contributed by atoms with Crippen LogP contribution in [-0.4, -0.2) is 86.2 Å². The van der Waals surface area contributed by atoms with Crippen molar-refractivity contribution in [2.24, 2.45) is 0 Å². The summed E-state index contributed by atoms with van der Waals surface area (Å²) in [5, 5.41) is 3.62. The number of nitrogens with zero attached hydrogens (tertiary/aromatic N) is 3. The Morgan fingerprint density at radius 1 is 1.21 bits per heavy atom. The summed E-state index contributed by atoms with van der Waals surface area (Å²) >= 11 is 0. The van der Waals surface area contributed by atoms with Crippen LogP contribution in [0.1, 0.15) is 26.7 Å². The molecule has 0 aromatic heterocycles. The highest BCUT2D eigenvalue weighted by atomic mass is 15.3. The van der Waals surface area contributed by atoms with Crippen LogP contribution >= 0.6 is 0 Å². The van der Waals surface area contributed by atoms with Gasteiger partial charge in [-0.25, -0.2) is 0 Å². The predicted molar refractivity (Wildman–Crippen MR) is 81.7 cm³/mol. The van der Waals surface area contributed by atoms with E-state index in [1.54, 1.807) is 0 Å². The fourth-order valence-corrected chi connectivity index (χ4v) is 3.10. The second-order valence-electron chi connectivity index (χ2n) is 6.53. The molecule has 1 N–H and O–H groups in total. The van der Waals surface area contributed by atoms with Crippen LogP contribution < -0.4 is 5.32 Å². The average molecular weight is 268 g/mol. The lowest BCUT2D eigenvalue weighted by atomic mass is 10.2. The first-order chi connectivity index (χ1) is 9.15. The van der Waals surface area contributed by atoms with Crippen molar-refractivity contribution in [1.29, 1.82) is 0 Å². The van der Waals surface area contributed by atoms with Crippen LogP contribution in [0.3, 0.4) is 0 Å². The van der Waals surface area contributed by atoms with E-state index >= 15 is 0 Å². The summed E-state index contributed by atoms with van der Waals surface area (Å²) in [6.45, 7) is 14.5. The van der Waals surface area contributed by atoms with Crippen molar-refractivity contribution in [2.45, 2.75) is 38.8 Å². The quantitative estimate of drug-likeness (QED) is 0.765. The van der Waals surface area contributed by atoms with Crippen LogP contribution in [-0.2, 0) is 0 Å². The molecule has 2 aliphatic rings. The molecule has 0 aromatic rings. The van der Waals surface area contributed by atoms with E-state index in [1.165, 1.54) is 65.2 Å². The van der Waals surface area contributed by atoms with Crippen molar-refractivity contribution in [3.8, 4) is 0 Å². The van der Waals surface area contributed by atoms with Gasteiger partial charge in [-0.2, -0.15) is 0 Å². The van der Waals surface area contributed by atoms with Crippen molar-refractivity contribution < 1.29 is 0 Å². The van der Waals surface area contributed by atoms with Crippen LogP contribution in [0.15, 0.2) is 0 Å². The van der Waals surface area contributed by atoms with E-state index in [1.807, 2.05) is 0 Å². The van der Waals surface area contributed by atoms with Gasteiger partial charge < -0.3 is 10.2 Å². The van der Waals surface area contributed by atoms with Crippen molar-refractivity contribution in [1.82, 2.24) is 20.0 Å². The fraction of sp³-hybridized carbons (Fsp3) is 1.00. The number of piperazine rings is 1. The lowest BCUT2D eigenvalue weighted by Gasteiger charge is -2.35. The fourth-order valence-electron chi connectivity index (χ4n) is 3.10. The molecular formula is C15H32N4. The Labute approximate surface area is 119 Å². The molecule has 4 heteroatoms. The molecule has 2 fully saturated rings. The maximum Gasteiger partial charge on any atom is 0.0195 e. The number of hydrogen-bond donors (Lipinski definition) is 1. The molecule has 0 saturated carbocycles. The van der Waals surface area contributed by atoms with Crippen molar-refractivity contribution in [3.63, 3.8) is 0 Å². The molecule has 0 aromatic carbocycles. The summed E-state index contributed by atoms with van der Waals surface area (Å²) in [7, 11) is 2.23. The van der Waals surface area contributed by atoms with E-state index in [0.29, 0.717) is 6.04 Å². The van der Waals surface area contributed by atoms with Crippen LogP contribution in [0.5, 0.6) is 0 Å². The standard InChI is InChI=1S/C15H32N4/c1-14(2)19(13-15-5-4-6-16-15)12-11-18-9-7-17(3)8-10-18/h14-16H,4-13H2,1-3H3. The maximum absolute atomic E-state index is 3.62. The first-order valence-corrected chi connectivity index (χ1v) is 8.03. The van der Waals surface area contributed by atoms with Crippen molar-refractivity contribution in [3.05, 3.63) is 0 Å². The summed E-state index contributed by atoms with van der Waals surface area (Å²) in [6, 6.07) is 1.39. The Kier molecular flexibility index (Phi) is 6.07. The van der Waals surface area contributed by atoms with Gasteiger partial charge in [-0.1, -0.05) is 0 Å². The number of hydrogen-bond acceptors (Lipinski definition) is 4. The zero-order chi connectivity index (χ0) is 13.7. The van der Waals surface area contributed by atoms with Crippen LogP contribution in [0.25, 0.3) is 0 Å². The zero-order valence-corrected chi connectivity index (χ0v) is 13.1. The van der Waals surface area contributed by atoms with Crippen LogP contribution in [0.4, 0.5) is 0 Å². The van der Waals surface area contributed by atoms with E-state index in [2.05, 4.69) is 40.9 Å². The molecule has 2 rings (SSSR count). The topological polar surface area (TPSA) is 21.8 Å². The lowest BCUT2D eigenvalue weighted by Crippen LogP contribution is -2.49. The Hall–Kier alpha value is -0.160. The third-order valence-corrected chi connectivity index (χ3v) is 4.65. The summed E-state index contributed by atoms with van der Waals surface area (Å²) in [5.41, 5.74) is 0. The SMILES string of the molecule is CC(C)N(CCN1CCN(C)CC1)CC1CCCN1. The molecule has 1 unspecified atom stereocenters.